The van der Waals surface area contributed by atoms with Crippen molar-refractivity contribution in [3.05, 3.63) is 34.9 Å². The van der Waals surface area contributed by atoms with Crippen LogP contribution in [-0.2, 0) is 6.18 Å². The van der Waals surface area contributed by atoms with Crippen LogP contribution in [0.15, 0.2) is 29.3 Å². The molecule has 1 aromatic carbocycles. The van der Waals surface area contributed by atoms with Crippen LogP contribution in [0, 0.1) is 0 Å². The Morgan fingerprint density at radius 3 is 2.10 bits per heavy atom. The molecule has 0 aliphatic heterocycles. The van der Waals surface area contributed by atoms with E-state index in [1.807, 2.05) is 0 Å². The Balaban J connectivity index is 2.95. The third kappa shape index (κ3) is 3.29. The molecule has 0 N–H and O–H groups in total. The van der Waals surface area contributed by atoms with E-state index in [9.17, 15) is 28.7 Å². The summed E-state index contributed by atoms with van der Waals surface area (Å²) < 4.78 is 90.8. The van der Waals surface area contributed by atoms with Gasteiger partial charge in [-0.1, -0.05) is 23.7 Å². The third-order valence-corrected chi connectivity index (χ3v) is 4.25. The number of nitrogens with zero attached hydrogens (tertiary/aromatic N) is 1. The second kappa shape index (κ2) is 3.88. The molecule has 0 radical (unpaired) electrons. The van der Waals surface area contributed by atoms with Crippen LogP contribution in [0.5, 0.6) is 0 Å². The molecule has 0 spiro atoms. The molecular formula is C10H4Cl2F7NS. The monoisotopic (exact) mass is 373 g/mol. The zero-order valence-corrected chi connectivity index (χ0v) is 11.9. The maximum Gasteiger partial charge on any atom is 0.418 e. The van der Waals surface area contributed by atoms with Crippen LogP contribution >= 0.6 is 31.3 Å². The molecule has 0 saturated heterocycles. The Bertz CT molecular complexity index is 739. The van der Waals surface area contributed by atoms with Gasteiger partial charge >= 0.3 is 6.18 Å². The highest BCUT2D eigenvalue weighted by atomic mass is 35.7. The lowest BCUT2D eigenvalue weighted by Crippen LogP contribution is -2.11. The molecular weight excluding hydrogens is 370 g/mol. The van der Waals surface area contributed by atoms with E-state index in [2.05, 4.69) is 15.7 Å². The van der Waals surface area contributed by atoms with Gasteiger partial charge in [-0.2, -0.15) is 13.2 Å². The molecule has 0 fully saturated rings. The number of alkyl halides is 3. The summed E-state index contributed by atoms with van der Waals surface area (Å²) in [5.41, 5.74) is -2.59. The SMILES string of the molecule is FC(F)(F)c1cccc2c(Cl)cc(S(F)(F)(F)(F)Cl)nc12. The molecule has 2 aromatic rings. The zero-order valence-electron chi connectivity index (χ0n) is 9.57. The van der Waals surface area contributed by atoms with Gasteiger partial charge in [0, 0.05) is 16.1 Å². The number of halogens is 9. The Labute approximate surface area is 122 Å². The van der Waals surface area contributed by atoms with Crippen LogP contribution in [0.3, 0.4) is 0 Å². The van der Waals surface area contributed by atoms with E-state index in [4.69, 9.17) is 11.6 Å². The van der Waals surface area contributed by atoms with Gasteiger partial charge in [0.2, 0.25) is 0 Å². The summed E-state index contributed by atoms with van der Waals surface area (Å²) in [6, 6.07) is 2.56. The molecule has 1 aromatic heterocycles. The molecule has 1 nitrogen and oxygen atoms in total. The van der Waals surface area contributed by atoms with Crippen molar-refractivity contribution >= 4 is 42.2 Å². The van der Waals surface area contributed by atoms with Gasteiger partial charge in [-0.25, -0.2) is 4.98 Å². The standard InChI is InChI=1S/C10H4Cl2F7NS/c11-7-4-8(21(12,16,17,18)19)20-9-5(7)2-1-3-6(9)10(13,14)15/h1-4H. The molecule has 0 atom stereocenters. The first-order valence-electron chi connectivity index (χ1n) is 5.00. The average molecular weight is 374 g/mol. The quantitative estimate of drug-likeness (QED) is 0.499. The molecule has 2 rings (SSSR count). The minimum absolute atomic E-state index is 0.0681. The van der Waals surface area contributed by atoms with Crippen molar-refractivity contribution in [3.63, 3.8) is 0 Å². The highest BCUT2D eigenvalue weighted by molar-refractivity contribution is 8.65. The number of hydrogen-bond donors (Lipinski definition) is 0. The first kappa shape index (κ1) is 16.4. The Kier molecular flexibility index (Phi) is 3.04. The molecule has 0 unspecified atom stereocenters. The number of pyridine rings is 1. The van der Waals surface area contributed by atoms with E-state index in [0.29, 0.717) is 6.07 Å². The summed E-state index contributed by atoms with van der Waals surface area (Å²) in [7, 11) is -5.21. The van der Waals surface area contributed by atoms with Crippen molar-refractivity contribution in [1.29, 1.82) is 0 Å². The van der Waals surface area contributed by atoms with Gasteiger partial charge in [0.15, 0.2) is 5.03 Å². The molecule has 0 bridgehead atoms. The first-order valence-corrected chi connectivity index (χ1v) is 8.26. The number of para-hydroxylation sites is 1. The van der Waals surface area contributed by atoms with Gasteiger partial charge in [0.05, 0.1) is 16.1 Å². The van der Waals surface area contributed by atoms with Crippen LogP contribution in [0.25, 0.3) is 10.9 Å². The number of benzene rings is 1. The maximum absolute atomic E-state index is 13.1. The summed E-state index contributed by atoms with van der Waals surface area (Å²) in [4.78, 5) is 2.73. The Hall–Kier alpha value is -0.930. The van der Waals surface area contributed by atoms with Crippen LogP contribution in [0.1, 0.15) is 5.56 Å². The summed E-state index contributed by atoms with van der Waals surface area (Å²) in [6.45, 7) is 0. The fraction of sp³-hybridized carbons (Fsp3) is 0.100. The van der Waals surface area contributed by atoms with Crippen molar-refractivity contribution in [2.45, 2.75) is 11.2 Å². The minimum atomic E-state index is -9.27. The molecule has 0 aliphatic rings. The topological polar surface area (TPSA) is 12.9 Å². The maximum atomic E-state index is 13.1. The largest absolute Gasteiger partial charge is 0.418 e. The van der Waals surface area contributed by atoms with E-state index in [1.165, 1.54) is 0 Å². The molecule has 118 valence electrons. The lowest BCUT2D eigenvalue weighted by atomic mass is 10.1. The fourth-order valence-electron chi connectivity index (χ4n) is 1.61. The molecule has 0 aliphatic carbocycles. The summed E-state index contributed by atoms with van der Waals surface area (Å²) in [5.74, 6) is 0. The van der Waals surface area contributed by atoms with E-state index in [0.717, 1.165) is 12.1 Å². The average Bonchev–Trinajstić information content (AvgIpc) is 2.23. The van der Waals surface area contributed by atoms with Gasteiger partial charge < -0.3 is 0 Å². The first-order chi connectivity index (χ1) is 9.09. The van der Waals surface area contributed by atoms with Crippen molar-refractivity contribution < 1.29 is 28.7 Å². The molecule has 0 saturated carbocycles. The summed E-state index contributed by atoms with van der Waals surface area (Å²) in [6.07, 6.45) is -4.98. The Morgan fingerprint density at radius 1 is 1.05 bits per heavy atom. The third-order valence-electron chi connectivity index (χ3n) is 2.47. The fourth-order valence-corrected chi connectivity index (χ4v) is 2.77. The van der Waals surface area contributed by atoms with E-state index < -0.39 is 41.7 Å². The lowest BCUT2D eigenvalue weighted by Gasteiger charge is -2.41. The van der Waals surface area contributed by atoms with E-state index >= 15 is 0 Å². The second-order valence-electron chi connectivity index (χ2n) is 4.11. The van der Waals surface area contributed by atoms with Crippen LogP contribution in [0.4, 0.5) is 28.7 Å². The van der Waals surface area contributed by atoms with Crippen LogP contribution in [0.2, 0.25) is 5.02 Å². The minimum Gasteiger partial charge on any atom is -0.233 e. The number of hydrogen-bond acceptors (Lipinski definition) is 1. The summed E-state index contributed by atoms with van der Waals surface area (Å²) >= 11 is 5.50. The van der Waals surface area contributed by atoms with Crippen molar-refractivity contribution in [2.24, 2.45) is 0 Å². The van der Waals surface area contributed by atoms with Crippen LogP contribution in [-0.4, -0.2) is 4.98 Å². The lowest BCUT2D eigenvalue weighted by molar-refractivity contribution is -0.136. The smallest absolute Gasteiger partial charge is 0.233 e. The van der Waals surface area contributed by atoms with Crippen LogP contribution < -0.4 is 0 Å². The van der Waals surface area contributed by atoms with Gasteiger partial charge in [-0.05, 0) is 12.1 Å². The second-order valence-corrected chi connectivity index (χ2v) is 8.74. The van der Waals surface area contributed by atoms with Gasteiger partial charge in [0.25, 0.3) is 9.05 Å². The number of rotatable bonds is 1. The number of aromatic nitrogens is 1. The molecule has 11 heteroatoms. The van der Waals surface area contributed by atoms with Gasteiger partial charge in [-0.15, -0.1) is 15.5 Å². The molecule has 0 amide bonds. The number of fused-ring (bicyclic) bond motifs is 1. The Morgan fingerprint density at radius 2 is 1.62 bits per heavy atom. The van der Waals surface area contributed by atoms with Gasteiger partial charge in [0.1, 0.15) is 0 Å². The van der Waals surface area contributed by atoms with Crippen molar-refractivity contribution in [2.75, 3.05) is 0 Å². The summed E-state index contributed by atoms with van der Waals surface area (Å²) in [5, 5.41) is -3.41. The highest BCUT2D eigenvalue weighted by Gasteiger charge is 2.65. The van der Waals surface area contributed by atoms with Gasteiger partial charge in [-0.3, -0.25) is 0 Å². The zero-order chi connectivity index (χ0) is 16.3. The predicted molar refractivity (Wildman–Crippen MR) is 67.9 cm³/mol. The molecule has 21 heavy (non-hydrogen) atoms. The normalized spacial score (nSPS) is 16.6. The van der Waals surface area contributed by atoms with Crippen molar-refractivity contribution in [3.8, 4) is 0 Å². The molecule has 1 heterocycles. The predicted octanol–water partition coefficient (Wildman–Crippen LogP) is 6.83. The highest BCUT2D eigenvalue weighted by Crippen LogP contribution is 3.04. The van der Waals surface area contributed by atoms with E-state index in [-0.39, 0.29) is 6.07 Å². The van der Waals surface area contributed by atoms with E-state index in [1.54, 1.807) is 0 Å². The van der Waals surface area contributed by atoms with Crippen molar-refractivity contribution in [1.82, 2.24) is 4.98 Å².